The van der Waals surface area contributed by atoms with Crippen molar-refractivity contribution in [2.24, 2.45) is 0 Å². The highest BCUT2D eigenvalue weighted by atomic mass is 19.1. The molecule has 1 aromatic rings. The van der Waals surface area contributed by atoms with Gasteiger partial charge in [0.15, 0.2) is 0 Å². The Bertz CT molecular complexity index is 333. The van der Waals surface area contributed by atoms with Gasteiger partial charge in [0.1, 0.15) is 5.82 Å². The van der Waals surface area contributed by atoms with Crippen molar-refractivity contribution < 1.29 is 4.39 Å². The highest BCUT2D eigenvalue weighted by Gasteiger charge is 2.13. The molecular formula is C13H18FN. The Kier molecular flexibility index (Phi) is 4.50. The Morgan fingerprint density at radius 2 is 2.27 bits per heavy atom. The van der Waals surface area contributed by atoms with Gasteiger partial charge in [0.05, 0.1) is 0 Å². The summed E-state index contributed by atoms with van der Waals surface area (Å²) in [6.07, 6.45) is 2.56. The van der Waals surface area contributed by atoms with E-state index in [2.05, 4.69) is 11.9 Å². The maximum absolute atomic E-state index is 13.6. The molecule has 1 N–H and O–H groups in total. The van der Waals surface area contributed by atoms with Crippen LogP contribution in [0.25, 0.3) is 0 Å². The van der Waals surface area contributed by atoms with Gasteiger partial charge < -0.3 is 5.32 Å². The number of hydrogen-bond acceptors (Lipinski definition) is 1. The van der Waals surface area contributed by atoms with Gasteiger partial charge in [0.2, 0.25) is 0 Å². The monoisotopic (exact) mass is 207 g/mol. The van der Waals surface area contributed by atoms with Gasteiger partial charge in [-0.05, 0) is 26.0 Å². The van der Waals surface area contributed by atoms with E-state index in [0.29, 0.717) is 0 Å². The summed E-state index contributed by atoms with van der Waals surface area (Å²) in [5, 5.41) is 3.26. The molecule has 0 bridgehead atoms. The van der Waals surface area contributed by atoms with Gasteiger partial charge in [0, 0.05) is 11.6 Å². The fraction of sp³-hybridized carbons (Fsp3) is 0.385. The molecule has 0 aromatic heterocycles. The summed E-state index contributed by atoms with van der Waals surface area (Å²) in [6.45, 7) is 8.51. The molecule has 0 heterocycles. The lowest BCUT2D eigenvalue weighted by Crippen LogP contribution is -2.21. The van der Waals surface area contributed by atoms with E-state index in [-0.39, 0.29) is 11.9 Å². The fourth-order valence-electron chi connectivity index (χ4n) is 1.66. The van der Waals surface area contributed by atoms with Crippen molar-refractivity contribution in [3.63, 3.8) is 0 Å². The second-order valence-corrected chi connectivity index (χ2v) is 3.66. The van der Waals surface area contributed by atoms with Crippen LogP contribution in [0.4, 0.5) is 4.39 Å². The predicted octanol–water partition coefficient (Wildman–Crippen LogP) is 3.36. The van der Waals surface area contributed by atoms with Crippen molar-refractivity contribution in [1.82, 2.24) is 5.32 Å². The third-order valence-corrected chi connectivity index (χ3v) is 2.38. The van der Waals surface area contributed by atoms with Gasteiger partial charge in [-0.15, -0.1) is 6.58 Å². The number of rotatable bonds is 5. The minimum atomic E-state index is -0.145. The van der Waals surface area contributed by atoms with Gasteiger partial charge in [0.25, 0.3) is 0 Å². The third-order valence-electron chi connectivity index (χ3n) is 2.38. The van der Waals surface area contributed by atoms with Crippen molar-refractivity contribution in [2.45, 2.75) is 26.3 Å². The molecule has 2 heteroatoms. The summed E-state index contributed by atoms with van der Waals surface area (Å²) in [5.41, 5.74) is 1.81. The van der Waals surface area contributed by atoms with E-state index < -0.39 is 0 Å². The standard InChI is InChI=1S/C13H18FN/c1-4-6-13(15-5-2)11-9-10(3)7-8-12(11)14/h4,7-9,13,15H,1,5-6H2,2-3H3. The fourth-order valence-corrected chi connectivity index (χ4v) is 1.66. The molecule has 0 aliphatic heterocycles. The van der Waals surface area contributed by atoms with Crippen molar-refractivity contribution in [3.8, 4) is 0 Å². The topological polar surface area (TPSA) is 12.0 Å². The Morgan fingerprint density at radius 3 is 2.87 bits per heavy atom. The molecule has 1 atom stereocenters. The first-order valence-electron chi connectivity index (χ1n) is 5.29. The van der Waals surface area contributed by atoms with Crippen LogP contribution in [0.3, 0.4) is 0 Å². The quantitative estimate of drug-likeness (QED) is 0.730. The van der Waals surface area contributed by atoms with Gasteiger partial charge in [-0.2, -0.15) is 0 Å². The van der Waals surface area contributed by atoms with E-state index in [9.17, 15) is 4.39 Å². The van der Waals surface area contributed by atoms with E-state index in [1.165, 1.54) is 6.07 Å². The summed E-state index contributed by atoms with van der Waals surface area (Å²) in [5.74, 6) is -0.145. The lowest BCUT2D eigenvalue weighted by molar-refractivity contribution is 0.516. The van der Waals surface area contributed by atoms with Crippen LogP contribution in [-0.4, -0.2) is 6.54 Å². The normalized spacial score (nSPS) is 12.5. The summed E-state index contributed by atoms with van der Waals surface area (Å²) in [4.78, 5) is 0. The number of aryl methyl sites for hydroxylation is 1. The zero-order valence-electron chi connectivity index (χ0n) is 9.39. The summed E-state index contributed by atoms with van der Waals surface area (Å²) in [7, 11) is 0. The average molecular weight is 207 g/mol. The van der Waals surface area contributed by atoms with Crippen LogP contribution in [0.5, 0.6) is 0 Å². The van der Waals surface area contributed by atoms with E-state index in [1.807, 2.05) is 26.0 Å². The first kappa shape index (κ1) is 11.9. The minimum Gasteiger partial charge on any atom is -0.310 e. The van der Waals surface area contributed by atoms with Crippen LogP contribution in [0.2, 0.25) is 0 Å². The van der Waals surface area contributed by atoms with E-state index >= 15 is 0 Å². The predicted molar refractivity (Wildman–Crippen MR) is 62.4 cm³/mol. The molecule has 0 fully saturated rings. The van der Waals surface area contributed by atoms with Crippen LogP contribution in [0.15, 0.2) is 30.9 Å². The first-order chi connectivity index (χ1) is 7.19. The maximum atomic E-state index is 13.6. The van der Waals surface area contributed by atoms with Crippen LogP contribution >= 0.6 is 0 Å². The first-order valence-corrected chi connectivity index (χ1v) is 5.29. The van der Waals surface area contributed by atoms with E-state index in [0.717, 1.165) is 24.1 Å². The van der Waals surface area contributed by atoms with Gasteiger partial charge in [-0.1, -0.05) is 30.7 Å². The van der Waals surface area contributed by atoms with Gasteiger partial charge in [-0.3, -0.25) is 0 Å². The van der Waals surface area contributed by atoms with E-state index in [1.54, 1.807) is 6.07 Å². The molecule has 1 nitrogen and oxygen atoms in total. The minimum absolute atomic E-state index is 0.0346. The summed E-state index contributed by atoms with van der Waals surface area (Å²) in [6, 6.07) is 5.24. The molecule has 0 saturated carbocycles. The number of halogens is 1. The van der Waals surface area contributed by atoms with Crippen molar-refractivity contribution in [3.05, 3.63) is 47.8 Å². The van der Waals surface area contributed by atoms with Crippen LogP contribution in [0.1, 0.15) is 30.5 Å². The zero-order chi connectivity index (χ0) is 11.3. The molecule has 0 saturated heterocycles. The lowest BCUT2D eigenvalue weighted by Gasteiger charge is -2.17. The molecule has 15 heavy (non-hydrogen) atoms. The smallest absolute Gasteiger partial charge is 0.128 e. The summed E-state index contributed by atoms with van der Waals surface area (Å²) < 4.78 is 13.6. The molecular weight excluding hydrogens is 189 g/mol. The largest absolute Gasteiger partial charge is 0.310 e. The van der Waals surface area contributed by atoms with Crippen LogP contribution in [0, 0.1) is 12.7 Å². The highest BCUT2D eigenvalue weighted by molar-refractivity contribution is 5.27. The molecule has 0 radical (unpaired) electrons. The molecule has 0 aliphatic carbocycles. The molecule has 0 amide bonds. The number of hydrogen-bond donors (Lipinski definition) is 1. The van der Waals surface area contributed by atoms with Gasteiger partial charge in [-0.25, -0.2) is 4.39 Å². The Labute approximate surface area is 91.0 Å². The van der Waals surface area contributed by atoms with Crippen molar-refractivity contribution >= 4 is 0 Å². The lowest BCUT2D eigenvalue weighted by atomic mass is 10.0. The summed E-state index contributed by atoms with van der Waals surface area (Å²) >= 11 is 0. The van der Waals surface area contributed by atoms with Crippen molar-refractivity contribution in [1.29, 1.82) is 0 Å². The van der Waals surface area contributed by atoms with Gasteiger partial charge >= 0.3 is 0 Å². The molecule has 0 spiro atoms. The molecule has 82 valence electrons. The molecule has 1 aromatic carbocycles. The van der Waals surface area contributed by atoms with Crippen molar-refractivity contribution in [2.75, 3.05) is 6.54 Å². The van der Waals surface area contributed by atoms with Crippen LogP contribution in [-0.2, 0) is 0 Å². The Balaban J connectivity index is 2.97. The Hall–Kier alpha value is -1.15. The zero-order valence-corrected chi connectivity index (χ0v) is 9.39. The second kappa shape index (κ2) is 5.66. The number of benzene rings is 1. The second-order valence-electron chi connectivity index (χ2n) is 3.66. The van der Waals surface area contributed by atoms with Crippen LogP contribution < -0.4 is 5.32 Å². The highest BCUT2D eigenvalue weighted by Crippen LogP contribution is 2.21. The molecule has 1 rings (SSSR count). The number of nitrogens with one attached hydrogen (secondary N) is 1. The van der Waals surface area contributed by atoms with E-state index in [4.69, 9.17) is 0 Å². The third kappa shape index (κ3) is 3.17. The SMILES string of the molecule is C=CCC(NCC)c1cc(C)ccc1F. The Morgan fingerprint density at radius 1 is 1.53 bits per heavy atom. The maximum Gasteiger partial charge on any atom is 0.128 e. The molecule has 1 unspecified atom stereocenters. The average Bonchev–Trinajstić information content (AvgIpc) is 2.21. The molecule has 0 aliphatic rings.